The van der Waals surface area contributed by atoms with Crippen LogP contribution in [-0.2, 0) is 5.75 Å². The Kier molecular flexibility index (Phi) is 3.17. The van der Waals surface area contributed by atoms with Gasteiger partial charge in [-0.2, -0.15) is 0 Å². The zero-order chi connectivity index (χ0) is 12.4. The van der Waals surface area contributed by atoms with Gasteiger partial charge < -0.3 is 4.40 Å². The Balaban J connectivity index is 1.79. The van der Waals surface area contributed by atoms with Crippen LogP contribution in [0.15, 0.2) is 48.1 Å². The minimum atomic E-state index is 0.700. The van der Waals surface area contributed by atoms with Crippen LogP contribution in [0.2, 0.25) is 5.02 Å². The van der Waals surface area contributed by atoms with Gasteiger partial charge in [-0.1, -0.05) is 23.4 Å². The number of halogens is 1. The van der Waals surface area contributed by atoms with E-state index in [0.717, 1.165) is 22.3 Å². The second kappa shape index (κ2) is 4.96. The molecule has 0 unspecified atom stereocenters. The van der Waals surface area contributed by atoms with Crippen LogP contribution in [0.1, 0.15) is 5.69 Å². The maximum absolute atomic E-state index is 5.93. The third-order valence-electron chi connectivity index (χ3n) is 2.36. The number of thioether (sulfide) groups is 1. The Morgan fingerprint density at radius 1 is 1.17 bits per heavy atom. The Bertz CT molecular complexity index is 668. The lowest BCUT2D eigenvalue weighted by molar-refractivity contribution is 0.965. The maximum Gasteiger partial charge on any atom is 0.187 e. The first-order valence-corrected chi connectivity index (χ1v) is 6.70. The van der Waals surface area contributed by atoms with Gasteiger partial charge in [-0.25, -0.2) is 15.0 Å². The predicted molar refractivity (Wildman–Crippen MR) is 71.8 cm³/mol. The van der Waals surface area contributed by atoms with E-state index in [9.17, 15) is 0 Å². The lowest BCUT2D eigenvalue weighted by Gasteiger charge is -1.95. The quantitative estimate of drug-likeness (QED) is 0.545. The summed E-state index contributed by atoms with van der Waals surface area (Å²) in [6.45, 7) is 0. The zero-order valence-electron chi connectivity index (χ0n) is 9.32. The molecule has 0 amide bonds. The first kappa shape index (κ1) is 11.5. The fraction of sp³-hybridized carbons (Fsp3) is 0.0833. The molecular formula is C12H9ClN4S. The molecule has 90 valence electrons. The van der Waals surface area contributed by atoms with Crippen LogP contribution in [-0.4, -0.2) is 19.4 Å². The van der Waals surface area contributed by atoms with Crippen LogP contribution in [0.25, 0.3) is 5.65 Å². The van der Waals surface area contributed by atoms with E-state index < -0.39 is 0 Å². The molecule has 18 heavy (non-hydrogen) atoms. The first-order chi connectivity index (χ1) is 8.81. The molecule has 0 bridgehead atoms. The highest BCUT2D eigenvalue weighted by atomic mass is 35.5. The number of pyridine rings is 1. The Morgan fingerprint density at radius 2 is 2.00 bits per heavy atom. The molecule has 0 atom stereocenters. The predicted octanol–water partition coefficient (Wildman–Crippen LogP) is 3.07. The maximum atomic E-state index is 5.93. The van der Waals surface area contributed by atoms with Crippen LogP contribution in [0, 0.1) is 0 Å². The standard InChI is InChI=1S/C12H9ClN4S/c13-9-2-3-11-16-10(7-17(11)6-9)8-18-12-14-4-1-5-15-12/h1-7H,8H2. The highest BCUT2D eigenvalue weighted by molar-refractivity contribution is 7.98. The molecular weight excluding hydrogens is 268 g/mol. The van der Waals surface area contributed by atoms with Crippen molar-refractivity contribution in [1.29, 1.82) is 0 Å². The van der Waals surface area contributed by atoms with E-state index in [1.165, 1.54) is 0 Å². The van der Waals surface area contributed by atoms with Crippen LogP contribution in [0.4, 0.5) is 0 Å². The minimum Gasteiger partial charge on any atom is -0.305 e. The molecule has 6 heteroatoms. The number of fused-ring (bicyclic) bond motifs is 1. The molecule has 0 aliphatic rings. The summed E-state index contributed by atoms with van der Waals surface area (Å²) in [7, 11) is 0. The molecule has 3 aromatic heterocycles. The molecule has 0 fully saturated rings. The highest BCUT2D eigenvalue weighted by Gasteiger charge is 2.04. The molecule has 0 N–H and O–H groups in total. The van der Waals surface area contributed by atoms with Crippen molar-refractivity contribution in [3.8, 4) is 0 Å². The van der Waals surface area contributed by atoms with Crippen LogP contribution in [0.5, 0.6) is 0 Å². The molecule has 0 aromatic carbocycles. The number of aromatic nitrogens is 4. The largest absolute Gasteiger partial charge is 0.305 e. The van der Waals surface area contributed by atoms with Gasteiger partial charge in [0, 0.05) is 30.5 Å². The number of rotatable bonds is 3. The topological polar surface area (TPSA) is 43.1 Å². The van der Waals surface area contributed by atoms with Gasteiger partial charge in [-0.05, 0) is 18.2 Å². The van der Waals surface area contributed by atoms with E-state index in [1.807, 2.05) is 28.9 Å². The van der Waals surface area contributed by atoms with Crippen LogP contribution < -0.4 is 0 Å². The molecule has 3 heterocycles. The van der Waals surface area contributed by atoms with Gasteiger partial charge >= 0.3 is 0 Å². The molecule has 0 spiro atoms. The van der Waals surface area contributed by atoms with E-state index >= 15 is 0 Å². The average Bonchev–Trinajstić information content (AvgIpc) is 2.79. The summed E-state index contributed by atoms with van der Waals surface area (Å²) in [5.41, 5.74) is 1.87. The molecule has 0 saturated heterocycles. The second-order valence-corrected chi connectivity index (χ2v) is 5.04. The van der Waals surface area contributed by atoms with E-state index in [4.69, 9.17) is 11.6 Å². The average molecular weight is 277 g/mol. The van der Waals surface area contributed by atoms with Gasteiger partial charge in [-0.15, -0.1) is 0 Å². The van der Waals surface area contributed by atoms with Crippen molar-refractivity contribution in [2.45, 2.75) is 10.9 Å². The van der Waals surface area contributed by atoms with E-state index in [-0.39, 0.29) is 0 Å². The molecule has 0 saturated carbocycles. The SMILES string of the molecule is Clc1ccc2nc(CSc3ncccn3)cn2c1. The molecule has 3 aromatic rings. The lowest BCUT2D eigenvalue weighted by Crippen LogP contribution is -1.85. The number of hydrogen-bond donors (Lipinski definition) is 0. The van der Waals surface area contributed by atoms with E-state index in [0.29, 0.717) is 5.02 Å². The van der Waals surface area contributed by atoms with Gasteiger partial charge in [0.1, 0.15) is 5.65 Å². The summed E-state index contributed by atoms with van der Waals surface area (Å²) < 4.78 is 1.92. The Labute approximate surface area is 113 Å². The third kappa shape index (κ3) is 2.47. The van der Waals surface area contributed by atoms with Crippen LogP contribution >= 0.6 is 23.4 Å². The van der Waals surface area contributed by atoms with Crippen molar-refractivity contribution in [1.82, 2.24) is 19.4 Å². The second-order valence-electron chi connectivity index (χ2n) is 3.67. The first-order valence-electron chi connectivity index (χ1n) is 5.34. The van der Waals surface area contributed by atoms with Gasteiger partial charge in [-0.3, -0.25) is 0 Å². The van der Waals surface area contributed by atoms with Crippen molar-refractivity contribution in [3.05, 3.63) is 53.7 Å². The molecule has 0 aliphatic heterocycles. The van der Waals surface area contributed by atoms with Crippen LogP contribution in [0.3, 0.4) is 0 Å². The minimum absolute atomic E-state index is 0.700. The van der Waals surface area contributed by atoms with Crippen molar-refractivity contribution >= 4 is 29.0 Å². The Morgan fingerprint density at radius 3 is 2.83 bits per heavy atom. The van der Waals surface area contributed by atoms with Gasteiger partial charge in [0.15, 0.2) is 5.16 Å². The van der Waals surface area contributed by atoms with E-state index in [2.05, 4.69) is 15.0 Å². The summed E-state index contributed by atoms with van der Waals surface area (Å²) in [6.07, 6.45) is 7.28. The third-order valence-corrected chi connectivity index (χ3v) is 3.49. The highest BCUT2D eigenvalue weighted by Crippen LogP contribution is 2.19. The summed E-state index contributed by atoms with van der Waals surface area (Å²) >= 11 is 7.49. The molecule has 3 rings (SSSR count). The van der Waals surface area contributed by atoms with Gasteiger partial charge in [0.25, 0.3) is 0 Å². The van der Waals surface area contributed by atoms with Crippen molar-refractivity contribution in [3.63, 3.8) is 0 Å². The summed E-state index contributed by atoms with van der Waals surface area (Å²) in [5, 5.41) is 1.46. The number of imidazole rings is 1. The zero-order valence-corrected chi connectivity index (χ0v) is 10.9. The van der Waals surface area contributed by atoms with Crippen molar-refractivity contribution in [2.75, 3.05) is 0 Å². The van der Waals surface area contributed by atoms with Crippen molar-refractivity contribution < 1.29 is 0 Å². The van der Waals surface area contributed by atoms with Crippen molar-refractivity contribution in [2.24, 2.45) is 0 Å². The molecule has 0 aliphatic carbocycles. The normalized spacial score (nSPS) is 10.9. The van der Waals surface area contributed by atoms with Gasteiger partial charge in [0.2, 0.25) is 0 Å². The van der Waals surface area contributed by atoms with E-state index in [1.54, 1.807) is 30.2 Å². The smallest absolute Gasteiger partial charge is 0.187 e. The number of nitrogens with zero attached hydrogens (tertiary/aromatic N) is 4. The molecule has 4 nitrogen and oxygen atoms in total. The monoisotopic (exact) mass is 276 g/mol. The summed E-state index contributed by atoms with van der Waals surface area (Å²) in [6, 6.07) is 5.54. The number of hydrogen-bond acceptors (Lipinski definition) is 4. The fourth-order valence-corrected chi connectivity index (χ4v) is 2.44. The summed E-state index contributed by atoms with van der Waals surface area (Å²) in [4.78, 5) is 12.8. The van der Waals surface area contributed by atoms with Gasteiger partial charge in [0.05, 0.1) is 10.7 Å². The lowest BCUT2D eigenvalue weighted by atomic mass is 10.5. The summed E-state index contributed by atoms with van der Waals surface area (Å²) in [5.74, 6) is 0.739. The fourth-order valence-electron chi connectivity index (χ4n) is 1.59. The Hall–Kier alpha value is -1.59. The molecule has 0 radical (unpaired) electrons.